The Balaban J connectivity index is 2.28. The van der Waals surface area contributed by atoms with E-state index in [1.54, 1.807) is 0 Å². The molecule has 0 aliphatic rings. The summed E-state index contributed by atoms with van der Waals surface area (Å²) in [5.41, 5.74) is 0. The number of carbonyl (C=O) groups is 1. The highest BCUT2D eigenvalue weighted by Crippen LogP contribution is 2.34. The van der Waals surface area contributed by atoms with E-state index in [9.17, 15) is 4.79 Å². The standard InChI is InChI=1S/C7H7Cl2NO2S2/c8-5-6(9)14-7(10-5)13-3-1-2-4(11)12/h1-3H2,(H,11,12). The number of carboxylic acid groups (broad SMARTS) is 1. The number of hydrogen-bond donors (Lipinski definition) is 1. The zero-order valence-electron chi connectivity index (χ0n) is 7.00. The van der Waals surface area contributed by atoms with Gasteiger partial charge in [-0.2, -0.15) is 0 Å². The Labute approximate surface area is 99.4 Å². The third kappa shape index (κ3) is 4.04. The number of hydrogen-bond acceptors (Lipinski definition) is 4. The van der Waals surface area contributed by atoms with Gasteiger partial charge in [0.25, 0.3) is 0 Å². The fourth-order valence-corrected chi connectivity index (χ4v) is 3.18. The molecule has 0 spiro atoms. The van der Waals surface area contributed by atoms with Crippen molar-refractivity contribution in [3.8, 4) is 0 Å². The Morgan fingerprint density at radius 3 is 2.79 bits per heavy atom. The van der Waals surface area contributed by atoms with Crippen LogP contribution in [0.1, 0.15) is 12.8 Å². The monoisotopic (exact) mass is 271 g/mol. The summed E-state index contributed by atoms with van der Waals surface area (Å²) in [6.45, 7) is 0. The normalized spacial score (nSPS) is 10.4. The molecule has 1 aromatic rings. The van der Waals surface area contributed by atoms with E-state index in [-0.39, 0.29) is 6.42 Å². The van der Waals surface area contributed by atoms with Crippen LogP contribution in [0.2, 0.25) is 9.49 Å². The van der Waals surface area contributed by atoms with Gasteiger partial charge < -0.3 is 5.11 Å². The average molecular weight is 272 g/mol. The van der Waals surface area contributed by atoms with Crippen molar-refractivity contribution < 1.29 is 9.90 Å². The number of halogens is 2. The molecule has 0 atom stereocenters. The van der Waals surface area contributed by atoms with Gasteiger partial charge in [0, 0.05) is 12.2 Å². The van der Waals surface area contributed by atoms with E-state index in [1.807, 2.05) is 0 Å². The molecular formula is C7H7Cl2NO2S2. The van der Waals surface area contributed by atoms with Gasteiger partial charge in [-0.1, -0.05) is 46.3 Å². The molecule has 78 valence electrons. The number of nitrogens with zero attached hydrogens (tertiary/aromatic N) is 1. The van der Waals surface area contributed by atoms with Gasteiger partial charge in [0.05, 0.1) is 0 Å². The molecule has 0 saturated carbocycles. The summed E-state index contributed by atoms with van der Waals surface area (Å²) in [4.78, 5) is 14.2. The smallest absolute Gasteiger partial charge is 0.303 e. The topological polar surface area (TPSA) is 50.2 Å². The highest BCUT2D eigenvalue weighted by molar-refractivity contribution is 8.01. The van der Waals surface area contributed by atoms with E-state index >= 15 is 0 Å². The van der Waals surface area contributed by atoms with Crippen LogP contribution >= 0.6 is 46.3 Å². The van der Waals surface area contributed by atoms with Crippen LogP contribution in [0.3, 0.4) is 0 Å². The Morgan fingerprint density at radius 1 is 1.57 bits per heavy atom. The second-order valence-electron chi connectivity index (χ2n) is 2.39. The van der Waals surface area contributed by atoms with Crippen molar-refractivity contribution in [2.24, 2.45) is 0 Å². The molecule has 7 heteroatoms. The first-order valence-corrected chi connectivity index (χ1v) is 6.32. The third-order valence-electron chi connectivity index (χ3n) is 1.29. The summed E-state index contributed by atoms with van der Waals surface area (Å²) in [6, 6.07) is 0. The van der Waals surface area contributed by atoms with Crippen molar-refractivity contribution in [3.05, 3.63) is 9.49 Å². The summed E-state index contributed by atoms with van der Waals surface area (Å²) in [6.07, 6.45) is 0.800. The third-order valence-corrected chi connectivity index (χ3v) is 4.25. The maximum absolute atomic E-state index is 10.2. The van der Waals surface area contributed by atoms with Crippen molar-refractivity contribution >= 4 is 52.3 Å². The molecular weight excluding hydrogens is 265 g/mol. The quantitative estimate of drug-likeness (QED) is 0.659. The first kappa shape index (κ1) is 12.1. The minimum atomic E-state index is -0.777. The van der Waals surface area contributed by atoms with Gasteiger partial charge in [-0.3, -0.25) is 4.79 Å². The number of carboxylic acids is 1. The van der Waals surface area contributed by atoms with E-state index in [0.29, 0.717) is 21.7 Å². The highest BCUT2D eigenvalue weighted by atomic mass is 35.5. The molecule has 0 unspecified atom stereocenters. The number of thiazole rings is 1. The van der Waals surface area contributed by atoms with Crippen molar-refractivity contribution in [2.75, 3.05) is 5.75 Å². The summed E-state index contributed by atoms with van der Waals surface area (Å²) in [5, 5.41) is 8.71. The van der Waals surface area contributed by atoms with Gasteiger partial charge in [-0.15, -0.1) is 0 Å². The minimum absolute atomic E-state index is 0.180. The van der Waals surface area contributed by atoms with Gasteiger partial charge in [0.15, 0.2) is 9.49 Å². The average Bonchev–Trinajstić information content (AvgIpc) is 2.40. The van der Waals surface area contributed by atoms with Gasteiger partial charge in [0.1, 0.15) is 4.34 Å². The Hall–Kier alpha value is 0.0300. The van der Waals surface area contributed by atoms with Crippen LogP contribution < -0.4 is 0 Å². The van der Waals surface area contributed by atoms with Crippen molar-refractivity contribution in [2.45, 2.75) is 17.2 Å². The number of aromatic nitrogens is 1. The van der Waals surface area contributed by atoms with Gasteiger partial charge in [-0.05, 0) is 6.42 Å². The first-order chi connectivity index (χ1) is 6.59. The van der Waals surface area contributed by atoms with Crippen molar-refractivity contribution in [1.82, 2.24) is 4.98 Å². The van der Waals surface area contributed by atoms with Gasteiger partial charge in [-0.25, -0.2) is 4.98 Å². The van der Waals surface area contributed by atoms with Crippen LogP contribution in [0.15, 0.2) is 4.34 Å². The molecule has 1 heterocycles. The van der Waals surface area contributed by atoms with Crippen LogP contribution in [-0.4, -0.2) is 21.8 Å². The van der Waals surface area contributed by atoms with E-state index in [0.717, 1.165) is 4.34 Å². The lowest BCUT2D eigenvalue weighted by Gasteiger charge is -1.94. The SMILES string of the molecule is O=C(O)CCCSc1nc(Cl)c(Cl)s1. The number of rotatable bonds is 5. The van der Waals surface area contributed by atoms with E-state index in [1.165, 1.54) is 23.1 Å². The van der Waals surface area contributed by atoms with E-state index in [2.05, 4.69) is 4.98 Å². The summed E-state index contributed by atoms with van der Waals surface area (Å²) in [5.74, 6) is -0.0623. The van der Waals surface area contributed by atoms with Crippen LogP contribution in [-0.2, 0) is 4.79 Å². The lowest BCUT2D eigenvalue weighted by atomic mass is 10.3. The fraction of sp³-hybridized carbons (Fsp3) is 0.429. The molecule has 0 aliphatic carbocycles. The van der Waals surface area contributed by atoms with Crippen molar-refractivity contribution in [3.63, 3.8) is 0 Å². The zero-order chi connectivity index (χ0) is 10.6. The second-order valence-corrected chi connectivity index (χ2v) is 5.69. The largest absolute Gasteiger partial charge is 0.481 e. The molecule has 14 heavy (non-hydrogen) atoms. The summed E-state index contributed by atoms with van der Waals surface area (Å²) >= 11 is 14.1. The molecule has 0 fully saturated rings. The van der Waals surface area contributed by atoms with E-state index < -0.39 is 5.97 Å². The first-order valence-electron chi connectivity index (χ1n) is 3.76. The van der Waals surface area contributed by atoms with Crippen LogP contribution in [0.4, 0.5) is 0 Å². The molecule has 0 aliphatic heterocycles. The summed E-state index contributed by atoms with van der Waals surface area (Å²) in [7, 11) is 0. The Morgan fingerprint density at radius 2 is 2.29 bits per heavy atom. The van der Waals surface area contributed by atoms with Crippen LogP contribution in [0.25, 0.3) is 0 Å². The van der Waals surface area contributed by atoms with E-state index in [4.69, 9.17) is 28.3 Å². The highest BCUT2D eigenvalue weighted by Gasteiger charge is 2.07. The molecule has 0 saturated heterocycles. The zero-order valence-corrected chi connectivity index (χ0v) is 10.1. The lowest BCUT2D eigenvalue weighted by Crippen LogP contribution is -1.94. The molecule has 0 aromatic carbocycles. The molecule has 0 amide bonds. The molecule has 1 aromatic heterocycles. The summed E-state index contributed by atoms with van der Waals surface area (Å²) < 4.78 is 1.26. The maximum atomic E-state index is 10.2. The predicted molar refractivity (Wildman–Crippen MR) is 59.7 cm³/mol. The fourth-order valence-electron chi connectivity index (χ4n) is 0.710. The number of aliphatic carboxylic acids is 1. The predicted octanol–water partition coefficient (Wildman–Crippen LogP) is 3.41. The molecule has 1 rings (SSSR count). The van der Waals surface area contributed by atoms with Crippen molar-refractivity contribution in [1.29, 1.82) is 0 Å². The minimum Gasteiger partial charge on any atom is -0.481 e. The maximum Gasteiger partial charge on any atom is 0.303 e. The molecule has 0 radical (unpaired) electrons. The molecule has 3 nitrogen and oxygen atoms in total. The second kappa shape index (κ2) is 5.80. The Kier molecular flexibility index (Phi) is 5.01. The van der Waals surface area contributed by atoms with Crippen LogP contribution in [0.5, 0.6) is 0 Å². The lowest BCUT2D eigenvalue weighted by molar-refractivity contribution is -0.137. The van der Waals surface area contributed by atoms with Gasteiger partial charge in [0.2, 0.25) is 0 Å². The van der Waals surface area contributed by atoms with Gasteiger partial charge >= 0.3 is 5.97 Å². The number of thioether (sulfide) groups is 1. The molecule has 0 bridgehead atoms. The molecule has 1 N–H and O–H groups in total. The van der Waals surface area contributed by atoms with Crippen LogP contribution in [0, 0.1) is 0 Å². The Bertz CT molecular complexity index is 310.